The Morgan fingerprint density at radius 2 is 2.25 bits per heavy atom. The highest BCUT2D eigenvalue weighted by molar-refractivity contribution is 5.61. The molecule has 0 radical (unpaired) electrons. The molecule has 0 aliphatic rings. The minimum Gasteiger partial charge on any atom is -0.476 e. The van der Waals surface area contributed by atoms with Gasteiger partial charge in [0.25, 0.3) is 5.88 Å². The van der Waals surface area contributed by atoms with Gasteiger partial charge in [-0.2, -0.15) is 4.98 Å². The zero-order valence-corrected chi connectivity index (χ0v) is 11.0. The van der Waals surface area contributed by atoms with E-state index in [0.717, 1.165) is 11.1 Å². The zero-order valence-electron chi connectivity index (χ0n) is 11.0. The molecule has 1 N–H and O–H groups in total. The lowest BCUT2D eigenvalue weighted by Gasteiger charge is -2.09. The molecule has 20 heavy (non-hydrogen) atoms. The Morgan fingerprint density at radius 3 is 2.90 bits per heavy atom. The average molecular weight is 275 g/mol. The summed E-state index contributed by atoms with van der Waals surface area (Å²) in [6.45, 7) is 2.31. The number of aromatic nitrogens is 3. The van der Waals surface area contributed by atoms with Gasteiger partial charge in [-0.05, 0) is 24.1 Å². The molecule has 2 aromatic heterocycles. The molecule has 0 aromatic carbocycles. The summed E-state index contributed by atoms with van der Waals surface area (Å²) in [6.07, 6.45) is 4.60. The van der Waals surface area contributed by atoms with Crippen molar-refractivity contribution in [3.63, 3.8) is 0 Å². The fraction of sp³-hybridized carbons (Fsp3) is 0.250. The minimum absolute atomic E-state index is 0.0737. The fourth-order valence-electron chi connectivity index (χ4n) is 1.67. The van der Waals surface area contributed by atoms with Crippen molar-refractivity contribution in [3.05, 3.63) is 46.0 Å². The van der Waals surface area contributed by atoms with Crippen LogP contribution >= 0.6 is 0 Å². The number of hydrogen-bond acceptors (Lipinski definition) is 7. The molecule has 0 saturated heterocycles. The second kappa shape index (κ2) is 5.91. The monoisotopic (exact) mass is 275 g/mol. The largest absolute Gasteiger partial charge is 0.476 e. The third-order valence-corrected chi connectivity index (χ3v) is 2.76. The molecule has 0 spiro atoms. The van der Waals surface area contributed by atoms with Gasteiger partial charge < -0.3 is 10.1 Å². The Labute approximate surface area is 115 Å². The topological polar surface area (TPSA) is 103 Å². The van der Waals surface area contributed by atoms with Gasteiger partial charge in [0.15, 0.2) is 0 Å². The third-order valence-electron chi connectivity index (χ3n) is 2.76. The summed E-state index contributed by atoms with van der Waals surface area (Å²) < 4.78 is 4.88. The maximum absolute atomic E-state index is 11.1. The van der Waals surface area contributed by atoms with Gasteiger partial charge in [0.1, 0.15) is 6.33 Å². The molecule has 2 aromatic rings. The molecule has 2 rings (SSSR count). The first kappa shape index (κ1) is 13.7. The summed E-state index contributed by atoms with van der Waals surface area (Å²) in [5, 5.41) is 14.0. The molecule has 0 unspecified atom stereocenters. The second-order valence-electron chi connectivity index (χ2n) is 3.99. The summed E-state index contributed by atoms with van der Waals surface area (Å²) in [5.74, 6) is 0.0421. The fourth-order valence-corrected chi connectivity index (χ4v) is 1.67. The highest BCUT2D eigenvalue weighted by Crippen LogP contribution is 2.30. The molecule has 0 aliphatic carbocycles. The van der Waals surface area contributed by atoms with Crippen LogP contribution in [0.25, 0.3) is 0 Å². The van der Waals surface area contributed by atoms with E-state index in [1.807, 2.05) is 13.0 Å². The molecule has 0 bridgehead atoms. The number of hydrogen-bond donors (Lipinski definition) is 1. The number of rotatable bonds is 5. The molecule has 0 saturated carbocycles. The van der Waals surface area contributed by atoms with E-state index in [0.29, 0.717) is 6.54 Å². The van der Waals surface area contributed by atoms with E-state index < -0.39 is 4.92 Å². The van der Waals surface area contributed by atoms with Crippen LogP contribution in [-0.2, 0) is 6.54 Å². The van der Waals surface area contributed by atoms with Gasteiger partial charge in [-0.15, -0.1) is 0 Å². The molecule has 8 nitrogen and oxygen atoms in total. The maximum atomic E-state index is 11.1. The lowest BCUT2D eigenvalue weighted by molar-refractivity contribution is -0.385. The quantitative estimate of drug-likeness (QED) is 0.654. The van der Waals surface area contributed by atoms with Crippen molar-refractivity contribution in [3.8, 4) is 5.88 Å². The maximum Gasteiger partial charge on any atom is 0.372 e. The summed E-state index contributed by atoms with van der Waals surface area (Å²) >= 11 is 0. The van der Waals surface area contributed by atoms with Gasteiger partial charge in [-0.25, -0.2) is 4.98 Å². The zero-order chi connectivity index (χ0) is 14.5. The van der Waals surface area contributed by atoms with Gasteiger partial charge in [0.2, 0.25) is 5.82 Å². The Balaban J connectivity index is 2.26. The van der Waals surface area contributed by atoms with E-state index in [-0.39, 0.29) is 17.4 Å². The van der Waals surface area contributed by atoms with E-state index >= 15 is 0 Å². The summed E-state index contributed by atoms with van der Waals surface area (Å²) in [5.41, 5.74) is 1.69. The molecule has 104 valence electrons. The number of ether oxygens (including phenoxy) is 1. The Morgan fingerprint density at radius 1 is 1.45 bits per heavy atom. The first-order chi connectivity index (χ1) is 9.63. The molecular weight excluding hydrogens is 262 g/mol. The van der Waals surface area contributed by atoms with Crippen LogP contribution in [0.2, 0.25) is 0 Å². The third kappa shape index (κ3) is 2.79. The lowest BCUT2D eigenvalue weighted by Crippen LogP contribution is -2.08. The molecule has 0 aliphatic heterocycles. The van der Waals surface area contributed by atoms with E-state index in [4.69, 9.17) is 4.74 Å². The number of nitro groups is 1. The van der Waals surface area contributed by atoms with Gasteiger partial charge >= 0.3 is 5.69 Å². The Kier molecular flexibility index (Phi) is 4.04. The number of pyridine rings is 1. The van der Waals surface area contributed by atoms with Crippen molar-refractivity contribution in [2.24, 2.45) is 0 Å². The number of methoxy groups -OCH3 is 1. The molecular formula is C12H13N5O3. The van der Waals surface area contributed by atoms with E-state index in [1.54, 1.807) is 12.4 Å². The Hall–Kier alpha value is -2.77. The lowest BCUT2D eigenvalue weighted by atomic mass is 10.1. The van der Waals surface area contributed by atoms with Gasteiger partial charge in [0, 0.05) is 18.9 Å². The van der Waals surface area contributed by atoms with Crippen molar-refractivity contribution < 1.29 is 9.66 Å². The normalized spacial score (nSPS) is 10.1. The number of nitrogens with one attached hydrogen (secondary N) is 1. The number of aryl methyl sites for hydroxylation is 1. The summed E-state index contributed by atoms with van der Waals surface area (Å²) in [4.78, 5) is 22.1. The van der Waals surface area contributed by atoms with Crippen LogP contribution in [0, 0.1) is 17.0 Å². The van der Waals surface area contributed by atoms with E-state index in [9.17, 15) is 10.1 Å². The van der Waals surface area contributed by atoms with Crippen LogP contribution in [0.15, 0.2) is 24.8 Å². The van der Waals surface area contributed by atoms with Crippen LogP contribution in [0.4, 0.5) is 11.5 Å². The average Bonchev–Trinajstić information content (AvgIpc) is 2.45. The first-order valence-corrected chi connectivity index (χ1v) is 5.80. The van der Waals surface area contributed by atoms with E-state index in [1.165, 1.54) is 13.4 Å². The predicted molar refractivity (Wildman–Crippen MR) is 71.5 cm³/mol. The predicted octanol–water partition coefficient (Wildman–Crippen LogP) is 1.71. The van der Waals surface area contributed by atoms with Crippen molar-refractivity contribution in [1.29, 1.82) is 0 Å². The molecule has 2 heterocycles. The standard InChI is InChI=1S/C12H13N5O3/c1-8-3-4-13-5-9(8)6-14-11-10(17(18)19)12(20-2)16-7-15-11/h3-5,7H,6H2,1-2H3,(H,14,15,16). The first-order valence-electron chi connectivity index (χ1n) is 5.80. The highest BCUT2D eigenvalue weighted by atomic mass is 16.6. The van der Waals surface area contributed by atoms with Crippen molar-refractivity contribution in [1.82, 2.24) is 15.0 Å². The van der Waals surface area contributed by atoms with Gasteiger partial charge in [-0.3, -0.25) is 15.1 Å². The molecule has 0 atom stereocenters. The smallest absolute Gasteiger partial charge is 0.372 e. The molecule has 0 amide bonds. The Bertz CT molecular complexity index is 632. The van der Waals surface area contributed by atoms with Crippen LogP contribution in [-0.4, -0.2) is 27.0 Å². The van der Waals surface area contributed by atoms with Crippen molar-refractivity contribution in [2.45, 2.75) is 13.5 Å². The summed E-state index contributed by atoms with van der Waals surface area (Å²) in [6, 6.07) is 1.87. The SMILES string of the molecule is COc1ncnc(NCc2cnccc2C)c1[N+](=O)[O-]. The number of nitrogens with zero attached hydrogens (tertiary/aromatic N) is 4. The second-order valence-corrected chi connectivity index (χ2v) is 3.99. The number of anilines is 1. The van der Waals surface area contributed by atoms with E-state index in [2.05, 4.69) is 20.3 Å². The van der Waals surface area contributed by atoms with Crippen LogP contribution in [0.1, 0.15) is 11.1 Å². The molecule has 8 heteroatoms. The molecule has 0 fully saturated rings. The van der Waals surface area contributed by atoms with Crippen LogP contribution in [0.5, 0.6) is 5.88 Å². The highest BCUT2D eigenvalue weighted by Gasteiger charge is 2.23. The van der Waals surface area contributed by atoms with Gasteiger partial charge in [0.05, 0.1) is 12.0 Å². The van der Waals surface area contributed by atoms with Crippen LogP contribution < -0.4 is 10.1 Å². The summed E-state index contributed by atoms with van der Waals surface area (Å²) in [7, 11) is 1.32. The van der Waals surface area contributed by atoms with Crippen molar-refractivity contribution in [2.75, 3.05) is 12.4 Å². The van der Waals surface area contributed by atoms with Gasteiger partial charge in [-0.1, -0.05) is 0 Å². The van der Waals surface area contributed by atoms with Crippen molar-refractivity contribution >= 4 is 11.5 Å². The minimum atomic E-state index is -0.572. The van der Waals surface area contributed by atoms with Crippen LogP contribution in [0.3, 0.4) is 0 Å².